The van der Waals surface area contributed by atoms with Crippen molar-refractivity contribution < 1.29 is 29.1 Å². The van der Waals surface area contributed by atoms with Crippen LogP contribution in [0.3, 0.4) is 0 Å². The molecule has 0 rings (SSSR count). The van der Waals surface area contributed by atoms with Gasteiger partial charge in [-0.15, -0.1) is 11.1 Å². The number of rotatable bonds is 10. The number of hydrogen-bond acceptors (Lipinski definition) is 2. The van der Waals surface area contributed by atoms with Gasteiger partial charge < -0.3 is 30.9 Å². The quantitative estimate of drug-likeness (QED) is 0.155. The zero-order chi connectivity index (χ0) is 26.8. The van der Waals surface area contributed by atoms with Gasteiger partial charge in [0.2, 0.25) is 0 Å². The summed E-state index contributed by atoms with van der Waals surface area (Å²) >= 11 is 0. The smallest absolute Gasteiger partial charge is 0.678 e. The Kier molecular flexibility index (Phi) is 27.5. The summed E-state index contributed by atoms with van der Waals surface area (Å²) in [5, 5.41) is 18.7. The predicted octanol–water partition coefficient (Wildman–Crippen LogP) is 8.08. The van der Waals surface area contributed by atoms with Gasteiger partial charge in [-0.3, -0.25) is 13.6 Å². The van der Waals surface area contributed by atoms with E-state index in [4.69, 9.17) is 20.2 Å². The van der Waals surface area contributed by atoms with Crippen LogP contribution in [0.1, 0.15) is 110 Å². The predicted molar refractivity (Wildman–Crippen MR) is 143 cm³/mol. The molecule has 6 nitrogen and oxygen atoms in total. The zero-order valence-corrected chi connectivity index (χ0v) is 25.8. The topological polar surface area (TPSA) is 90.5 Å². The van der Waals surface area contributed by atoms with Crippen LogP contribution in [0.5, 0.6) is 0 Å². The molecule has 0 fully saturated rings. The fourth-order valence-electron chi connectivity index (χ4n) is 2.37. The van der Waals surface area contributed by atoms with Gasteiger partial charge in [-0.25, -0.2) is 12.3 Å². The van der Waals surface area contributed by atoms with Gasteiger partial charge in [-0.2, -0.15) is 13.1 Å². The van der Waals surface area contributed by atoms with Crippen LogP contribution >= 0.6 is 0 Å². The van der Waals surface area contributed by atoms with Crippen molar-refractivity contribution in [3.05, 3.63) is 21.3 Å². The molecule has 2 atom stereocenters. The summed E-state index contributed by atoms with van der Waals surface area (Å²) in [5.41, 5.74) is 0.387. The summed E-state index contributed by atoms with van der Waals surface area (Å²) in [7, 11) is 0. The standard InChI is InChI=1S/2C12H26N2.2CHO.Ru/c2*1-8-12(6,7)10(13-9-2)14-11(3,4)5;2*1-2;/h2*10H,8-9H2,1-7H3;2*1H;/q2*-2;2*-1;+6. The second-order valence-corrected chi connectivity index (χ2v) is 11.0. The van der Waals surface area contributed by atoms with Crippen LogP contribution in [0.15, 0.2) is 0 Å². The van der Waals surface area contributed by atoms with Gasteiger partial charge in [0.25, 0.3) is 0 Å². The summed E-state index contributed by atoms with van der Waals surface area (Å²) in [6.45, 7) is 38.6. The van der Waals surface area contributed by atoms with Crippen molar-refractivity contribution in [1.29, 1.82) is 0 Å². The molecular weight excluding hydrogens is 501 g/mol. The van der Waals surface area contributed by atoms with Crippen molar-refractivity contribution >= 4 is 13.6 Å². The van der Waals surface area contributed by atoms with Gasteiger partial charge in [0.05, 0.1) is 0 Å². The van der Waals surface area contributed by atoms with Gasteiger partial charge in [-0.05, 0) is 0 Å². The fraction of sp³-hybridized carbons (Fsp3) is 0.923. The van der Waals surface area contributed by atoms with Gasteiger partial charge >= 0.3 is 19.5 Å². The minimum atomic E-state index is 0. The molecule has 7 heteroatoms. The van der Waals surface area contributed by atoms with Crippen LogP contribution in [0.4, 0.5) is 0 Å². The molecule has 0 aliphatic heterocycles. The van der Waals surface area contributed by atoms with Crippen LogP contribution in [-0.4, -0.2) is 50.1 Å². The van der Waals surface area contributed by atoms with E-state index in [2.05, 4.69) is 121 Å². The summed E-state index contributed by atoms with van der Waals surface area (Å²) in [4.78, 5) is 15.5. The molecule has 0 aliphatic carbocycles. The molecule has 0 N–H and O–H groups in total. The maximum Gasteiger partial charge on any atom is 6.00 e. The van der Waals surface area contributed by atoms with E-state index >= 15 is 0 Å². The summed E-state index contributed by atoms with van der Waals surface area (Å²) in [6, 6.07) is 0. The Bertz CT molecular complexity index is 393. The molecule has 0 bridgehead atoms. The SMILES string of the molecule is CC[N-]C([N-]C(C)(C)C)C(C)(C)CC.CC[N-]C([N-]C(C)(C)C)C(C)(C)CC.[CH-]=O.[CH-]=O.[Ru+6]. The maximum absolute atomic E-state index is 7.75. The van der Waals surface area contributed by atoms with Crippen LogP contribution in [0.25, 0.3) is 21.3 Å². The average molecular weight is 556 g/mol. The average Bonchev–Trinajstić information content (AvgIpc) is 2.69. The third kappa shape index (κ3) is 24.7. The first-order valence-electron chi connectivity index (χ1n) is 11.7. The first-order chi connectivity index (χ1) is 14.5. The van der Waals surface area contributed by atoms with E-state index in [1.807, 2.05) is 0 Å². The minimum absolute atomic E-state index is 0. The van der Waals surface area contributed by atoms with Crippen molar-refractivity contribution in [2.45, 2.75) is 133 Å². The van der Waals surface area contributed by atoms with Crippen molar-refractivity contribution in [2.75, 3.05) is 13.1 Å². The van der Waals surface area contributed by atoms with E-state index in [0.29, 0.717) is 0 Å². The summed E-state index contributed by atoms with van der Waals surface area (Å²) in [5.74, 6) is 0. The summed E-state index contributed by atoms with van der Waals surface area (Å²) in [6.07, 6.45) is 2.50. The Labute approximate surface area is 220 Å². The van der Waals surface area contributed by atoms with Gasteiger partial charge in [0, 0.05) is 0 Å². The Hall–Kier alpha value is -0.197. The molecule has 0 radical (unpaired) electrons. The Morgan fingerprint density at radius 3 is 0.879 bits per heavy atom. The molecule has 0 aromatic heterocycles. The van der Waals surface area contributed by atoms with Crippen LogP contribution in [-0.2, 0) is 29.1 Å². The molecular formula is C26H54N4O2Ru. The van der Waals surface area contributed by atoms with Gasteiger partial charge in [-0.1, -0.05) is 121 Å². The van der Waals surface area contributed by atoms with Crippen molar-refractivity contribution in [2.24, 2.45) is 10.8 Å². The molecule has 0 saturated carbocycles. The number of carbonyl (C=O) groups excluding carboxylic acids is 2. The Morgan fingerprint density at radius 1 is 0.545 bits per heavy atom. The van der Waals surface area contributed by atoms with Gasteiger partial charge in [0.1, 0.15) is 0 Å². The Balaban J connectivity index is -0.000000134. The van der Waals surface area contributed by atoms with Crippen LogP contribution in [0, 0.1) is 10.8 Å². The molecule has 0 saturated heterocycles. The third-order valence-electron chi connectivity index (χ3n) is 4.95. The molecule has 0 aromatic rings. The minimum Gasteiger partial charge on any atom is -0.678 e. The van der Waals surface area contributed by atoms with Crippen LogP contribution in [0.2, 0.25) is 0 Å². The molecule has 33 heavy (non-hydrogen) atoms. The van der Waals surface area contributed by atoms with Crippen molar-refractivity contribution in [3.63, 3.8) is 0 Å². The summed E-state index contributed by atoms with van der Waals surface area (Å²) < 4.78 is 0. The largest absolute Gasteiger partial charge is 6.00 e. The second kappa shape index (κ2) is 21.1. The van der Waals surface area contributed by atoms with Crippen molar-refractivity contribution in [1.82, 2.24) is 0 Å². The molecule has 0 spiro atoms. The van der Waals surface area contributed by atoms with Gasteiger partial charge in [0.15, 0.2) is 0 Å². The van der Waals surface area contributed by atoms with E-state index in [9.17, 15) is 0 Å². The van der Waals surface area contributed by atoms with E-state index < -0.39 is 0 Å². The molecule has 0 amide bonds. The Morgan fingerprint density at radius 2 is 0.758 bits per heavy atom. The fourth-order valence-corrected chi connectivity index (χ4v) is 2.37. The van der Waals surface area contributed by atoms with E-state index in [1.165, 1.54) is 0 Å². The molecule has 0 heterocycles. The number of nitrogens with zero attached hydrogens (tertiary/aromatic N) is 4. The van der Waals surface area contributed by atoms with Crippen molar-refractivity contribution in [3.8, 4) is 0 Å². The zero-order valence-electron chi connectivity index (χ0n) is 24.1. The molecule has 2 unspecified atom stereocenters. The maximum atomic E-state index is 7.75. The number of hydrogen-bond donors (Lipinski definition) is 0. The third-order valence-corrected chi connectivity index (χ3v) is 4.95. The van der Waals surface area contributed by atoms with E-state index in [1.54, 1.807) is 0 Å². The van der Waals surface area contributed by atoms with Crippen LogP contribution < -0.4 is 0 Å². The first-order valence-corrected chi connectivity index (χ1v) is 11.7. The monoisotopic (exact) mass is 556 g/mol. The molecule has 198 valence electrons. The van der Waals surface area contributed by atoms with E-state index in [-0.39, 0.29) is 53.7 Å². The molecule has 0 aliphatic rings. The van der Waals surface area contributed by atoms with E-state index in [0.717, 1.165) is 25.9 Å². The molecule has 0 aromatic carbocycles. The first kappa shape index (κ1) is 42.9. The normalized spacial score (nSPS) is 13.5. The second-order valence-electron chi connectivity index (χ2n) is 11.0.